The second-order valence-corrected chi connectivity index (χ2v) is 13.8. The Kier molecular flexibility index (Phi) is 6.80. The van der Waals surface area contributed by atoms with E-state index in [4.69, 9.17) is 27.3 Å². The molecular weight excluding hydrogens is 564 g/mol. The second kappa shape index (κ2) is 10.3. The van der Waals surface area contributed by atoms with Gasteiger partial charge < -0.3 is 20.9 Å². The van der Waals surface area contributed by atoms with E-state index in [1.54, 1.807) is 6.07 Å². The van der Waals surface area contributed by atoms with Gasteiger partial charge in [0.15, 0.2) is 10.9 Å². The molecule has 2 bridgehead atoms. The molecule has 3 fully saturated rings. The molecular formula is C30H34ClF2N7S. The van der Waals surface area contributed by atoms with Crippen molar-refractivity contribution in [3.8, 4) is 11.1 Å². The topological polar surface area (TPSA) is 83.2 Å². The number of piperazine rings is 1. The smallest absolute Gasteiger partial charge is 0.181 e. The molecule has 7 nitrogen and oxygen atoms in total. The maximum absolute atomic E-state index is 16.7. The van der Waals surface area contributed by atoms with Crippen LogP contribution in [0, 0.1) is 17.0 Å². The minimum Gasteiger partial charge on any atom is -0.375 e. The van der Waals surface area contributed by atoms with E-state index in [1.807, 2.05) is 0 Å². The van der Waals surface area contributed by atoms with Crippen LogP contribution >= 0.6 is 22.9 Å². The first-order valence-electron chi connectivity index (χ1n) is 14.4. The number of hydrogen-bond donors (Lipinski definition) is 2. The molecule has 4 aromatic rings. The van der Waals surface area contributed by atoms with E-state index >= 15 is 4.39 Å². The van der Waals surface area contributed by atoms with E-state index in [-0.39, 0.29) is 31.3 Å². The lowest BCUT2D eigenvalue weighted by Crippen LogP contribution is -2.51. The number of anilines is 2. The molecule has 3 aliphatic rings. The van der Waals surface area contributed by atoms with Crippen LogP contribution in [0.3, 0.4) is 0 Å². The van der Waals surface area contributed by atoms with E-state index in [1.165, 1.54) is 31.4 Å². The zero-order valence-electron chi connectivity index (χ0n) is 23.3. The van der Waals surface area contributed by atoms with E-state index in [2.05, 4.69) is 34.2 Å². The molecule has 216 valence electrons. The van der Waals surface area contributed by atoms with Crippen LogP contribution in [0.5, 0.6) is 0 Å². The minimum absolute atomic E-state index is 0.161. The van der Waals surface area contributed by atoms with Crippen molar-refractivity contribution in [3.63, 3.8) is 0 Å². The van der Waals surface area contributed by atoms with Gasteiger partial charge in [0.05, 0.1) is 15.2 Å². The fourth-order valence-electron chi connectivity index (χ4n) is 7.20. The fourth-order valence-corrected chi connectivity index (χ4v) is 8.26. The van der Waals surface area contributed by atoms with Gasteiger partial charge in [-0.25, -0.2) is 23.7 Å². The summed E-state index contributed by atoms with van der Waals surface area (Å²) >= 11 is 7.86. The van der Waals surface area contributed by atoms with Crippen molar-refractivity contribution >= 4 is 55.0 Å². The number of thiazole rings is 1. The Bertz CT molecular complexity index is 1640. The van der Waals surface area contributed by atoms with Crippen LogP contribution in [-0.4, -0.2) is 65.7 Å². The summed E-state index contributed by atoms with van der Waals surface area (Å²) in [5.41, 5.74) is 7.28. The molecule has 2 aromatic carbocycles. The Morgan fingerprint density at radius 2 is 1.88 bits per heavy atom. The number of nitrogens with zero attached hydrogens (tertiary/aromatic N) is 5. The zero-order valence-corrected chi connectivity index (χ0v) is 24.9. The minimum atomic E-state index is -0.540. The molecule has 0 amide bonds. The van der Waals surface area contributed by atoms with Crippen molar-refractivity contribution in [2.24, 2.45) is 5.41 Å². The quantitative estimate of drug-likeness (QED) is 0.269. The third-order valence-electron chi connectivity index (χ3n) is 9.15. The number of benzene rings is 2. The predicted octanol–water partition coefficient (Wildman–Crippen LogP) is 6.03. The Morgan fingerprint density at radius 3 is 2.56 bits per heavy atom. The van der Waals surface area contributed by atoms with Crippen molar-refractivity contribution < 1.29 is 8.78 Å². The van der Waals surface area contributed by atoms with Gasteiger partial charge in [-0.1, -0.05) is 29.4 Å². The molecule has 2 saturated heterocycles. The summed E-state index contributed by atoms with van der Waals surface area (Å²) < 4.78 is 31.6. The Hall–Kier alpha value is -2.66. The first-order chi connectivity index (χ1) is 19.7. The van der Waals surface area contributed by atoms with E-state index < -0.39 is 11.6 Å². The highest BCUT2D eigenvalue weighted by molar-refractivity contribution is 7.22. The van der Waals surface area contributed by atoms with Gasteiger partial charge in [0, 0.05) is 54.7 Å². The molecule has 2 atom stereocenters. The number of nitrogen functional groups attached to an aromatic ring is 1. The third kappa shape index (κ3) is 4.82. The monoisotopic (exact) mass is 597 g/mol. The Labute approximate surface area is 247 Å². The van der Waals surface area contributed by atoms with Gasteiger partial charge in [-0.3, -0.25) is 0 Å². The summed E-state index contributed by atoms with van der Waals surface area (Å²) in [6.45, 7) is 2.65. The van der Waals surface area contributed by atoms with Crippen LogP contribution < -0.4 is 16.0 Å². The van der Waals surface area contributed by atoms with Gasteiger partial charge in [0.25, 0.3) is 0 Å². The van der Waals surface area contributed by atoms with E-state index in [9.17, 15) is 4.39 Å². The largest absolute Gasteiger partial charge is 0.375 e. The second-order valence-electron chi connectivity index (χ2n) is 12.4. The number of rotatable bonds is 7. The number of nitrogens with two attached hydrogens (primary N) is 1. The van der Waals surface area contributed by atoms with Gasteiger partial charge in [0.1, 0.15) is 23.0 Å². The highest BCUT2D eigenvalue weighted by Gasteiger charge is 2.38. The summed E-state index contributed by atoms with van der Waals surface area (Å²) in [6.07, 6.45) is 7.51. The lowest BCUT2D eigenvalue weighted by molar-refractivity contribution is 0.0783. The lowest BCUT2D eigenvalue weighted by atomic mass is 9.66. The summed E-state index contributed by atoms with van der Waals surface area (Å²) in [5.74, 6) is 0.408. The molecule has 1 aliphatic carbocycles. The number of halogens is 3. The van der Waals surface area contributed by atoms with Crippen LogP contribution in [0.15, 0.2) is 18.2 Å². The van der Waals surface area contributed by atoms with Crippen LogP contribution in [0.4, 0.5) is 19.7 Å². The highest BCUT2D eigenvalue weighted by atomic mass is 35.5. The van der Waals surface area contributed by atoms with Gasteiger partial charge in [0.2, 0.25) is 0 Å². The van der Waals surface area contributed by atoms with Gasteiger partial charge >= 0.3 is 0 Å². The zero-order chi connectivity index (χ0) is 28.5. The fraction of sp³-hybridized carbons (Fsp3) is 0.500. The SMILES string of the molecule is CN(C)CC1(CCc2nc(N3CC4CCC(C3)N4)c3cc(Cl)c(-c4ccc(F)c5sc(N)nc45)c(F)c3n2)CCC1. The molecule has 2 unspecified atom stereocenters. The summed E-state index contributed by atoms with van der Waals surface area (Å²) in [6, 6.07) is 5.38. The molecule has 1 saturated carbocycles. The molecule has 7 rings (SSSR count). The number of aromatic nitrogens is 3. The predicted molar refractivity (Wildman–Crippen MR) is 163 cm³/mol. The van der Waals surface area contributed by atoms with Gasteiger partial charge in [-0.05, 0) is 69.8 Å². The van der Waals surface area contributed by atoms with Crippen molar-refractivity contribution in [3.05, 3.63) is 40.7 Å². The summed E-state index contributed by atoms with van der Waals surface area (Å²) in [5, 5.41) is 4.70. The molecule has 3 N–H and O–H groups in total. The van der Waals surface area contributed by atoms with Crippen LogP contribution in [-0.2, 0) is 6.42 Å². The highest BCUT2D eigenvalue weighted by Crippen LogP contribution is 2.46. The first kappa shape index (κ1) is 27.2. The third-order valence-corrected chi connectivity index (χ3v) is 10.3. The molecule has 4 heterocycles. The first-order valence-corrected chi connectivity index (χ1v) is 15.6. The van der Waals surface area contributed by atoms with Crippen LogP contribution in [0.25, 0.3) is 32.2 Å². The number of nitrogens with one attached hydrogen (secondary N) is 1. The van der Waals surface area contributed by atoms with Crippen molar-refractivity contribution in [1.29, 1.82) is 0 Å². The number of aryl methyl sites for hydroxylation is 1. The summed E-state index contributed by atoms with van der Waals surface area (Å²) in [7, 11) is 4.23. The normalized spacial score (nSPS) is 21.8. The van der Waals surface area contributed by atoms with Crippen LogP contribution in [0.2, 0.25) is 5.02 Å². The maximum Gasteiger partial charge on any atom is 0.181 e. The molecule has 0 spiro atoms. The standard InChI is InChI=1S/C30H34ClF2N7S/c1-39(2)15-30(9-3-10-30)11-8-22-36-25-19(28(37-22)40-13-16-4-5-17(14-40)35-16)12-20(31)23(24(25)33)18-6-7-21(32)27-26(18)38-29(34)41-27/h6-7,12,16-17,35H,3-5,8-11,13-15H2,1-2H3,(H2,34,38). The Balaban J connectivity index is 1.37. The molecule has 41 heavy (non-hydrogen) atoms. The average Bonchev–Trinajstić information content (AvgIpc) is 3.47. The van der Waals surface area contributed by atoms with Crippen molar-refractivity contribution in [2.75, 3.05) is 44.4 Å². The van der Waals surface area contributed by atoms with Gasteiger partial charge in [-0.15, -0.1) is 0 Å². The van der Waals surface area contributed by atoms with E-state index in [0.717, 1.165) is 56.1 Å². The molecule has 11 heteroatoms. The molecule has 2 aromatic heterocycles. The maximum atomic E-state index is 16.7. The number of fused-ring (bicyclic) bond motifs is 4. The summed E-state index contributed by atoms with van der Waals surface area (Å²) in [4.78, 5) is 18.8. The van der Waals surface area contributed by atoms with Crippen LogP contribution in [0.1, 0.15) is 44.3 Å². The van der Waals surface area contributed by atoms with Crippen molar-refractivity contribution in [2.45, 2.75) is 57.0 Å². The van der Waals surface area contributed by atoms with E-state index in [0.29, 0.717) is 40.8 Å². The number of hydrogen-bond acceptors (Lipinski definition) is 8. The molecule has 0 radical (unpaired) electrons. The lowest BCUT2D eigenvalue weighted by Gasteiger charge is -2.44. The molecule has 2 aliphatic heterocycles. The Morgan fingerprint density at radius 1 is 1.12 bits per heavy atom. The van der Waals surface area contributed by atoms with Gasteiger partial charge in [-0.2, -0.15) is 0 Å². The average molecular weight is 598 g/mol. The van der Waals surface area contributed by atoms with Crippen molar-refractivity contribution in [1.82, 2.24) is 25.2 Å².